The summed E-state index contributed by atoms with van der Waals surface area (Å²) in [6, 6.07) is 10.5. The summed E-state index contributed by atoms with van der Waals surface area (Å²) >= 11 is 1.39. The van der Waals surface area contributed by atoms with Crippen LogP contribution in [0.3, 0.4) is 0 Å². The molecule has 3 saturated heterocycles. The minimum absolute atomic E-state index is 0.160. The molecule has 7 nitrogen and oxygen atoms in total. The smallest absolute Gasteiger partial charge is 0.416 e. The number of fused-ring (bicyclic) bond motifs is 1. The van der Waals surface area contributed by atoms with Crippen molar-refractivity contribution in [3.8, 4) is 5.75 Å². The van der Waals surface area contributed by atoms with E-state index in [-0.39, 0.29) is 18.3 Å². The van der Waals surface area contributed by atoms with Crippen LogP contribution in [0.1, 0.15) is 18.1 Å². The fourth-order valence-electron chi connectivity index (χ4n) is 3.61. The van der Waals surface area contributed by atoms with Gasteiger partial charge in [0.1, 0.15) is 12.4 Å². The lowest BCUT2D eigenvalue weighted by Gasteiger charge is -2.44. The fraction of sp³-hybridized carbons (Fsp3) is 0.409. The largest absolute Gasteiger partial charge is 0.487 e. The number of rotatable bonds is 8. The van der Waals surface area contributed by atoms with Gasteiger partial charge in [0.25, 0.3) is 0 Å². The van der Waals surface area contributed by atoms with E-state index in [4.69, 9.17) is 14.2 Å². The van der Waals surface area contributed by atoms with Crippen LogP contribution in [0.25, 0.3) is 0 Å². The molecule has 178 valence electrons. The number of thioether (sulfide) groups is 1. The summed E-state index contributed by atoms with van der Waals surface area (Å²) in [6.45, 7) is 4.19. The number of benzene rings is 2. The van der Waals surface area contributed by atoms with E-state index in [2.05, 4.69) is 5.43 Å². The van der Waals surface area contributed by atoms with Crippen molar-refractivity contribution < 1.29 is 32.2 Å². The average Bonchev–Trinajstić information content (AvgIpc) is 3.30. The molecule has 2 atom stereocenters. The maximum Gasteiger partial charge on any atom is 0.416 e. The normalized spacial score (nSPS) is 22.2. The zero-order valence-corrected chi connectivity index (χ0v) is 19.1. The molecule has 0 aliphatic carbocycles. The number of hydrogen-bond donors (Lipinski definition) is 1. The second-order valence-electron chi connectivity index (χ2n) is 7.68. The van der Waals surface area contributed by atoms with Crippen molar-refractivity contribution in [3.63, 3.8) is 0 Å². The van der Waals surface area contributed by atoms with Crippen LogP contribution in [-0.2, 0) is 20.4 Å². The van der Waals surface area contributed by atoms with E-state index in [1.807, 2.05) is 37.1 Å². The highest BCUT2D eigenvalue weighted by atomic mass is 32.2. The van der Waals surface area contributed by atoms with Gasteiger partial charge in [-0.3, -0.25) is 9.80 Å². The van der Waals surface area contributed by atoms with Gasteiger partial charge in [-0.15, -0.1) is 11.8 Å². The molecule has 3 aliphatic heterocycles. The SMILES string of the molecule is CCOC(=O)CSc1ccc(OCC23NN(c4ccc(C(F)(F)F)cc4)C(O2)N3C)c(C)c1. The van der Waals surface area contributed by atoms with Crippen LogP contribution < -0.4 is 15.2 Å². The number of nitrogens with zero attached hydrogens (tertiary/aromatic N) is 2. The maximum absolute atomic E-state index is 12.8. The summed E-state index contributed by atoms with van der Waals surface area (Å²) in [5.41, 5.74) is 3.94. The Balaban J connectivity index is 1.36. The van der Waals surface area contributed by atoms with Crippen molar-refractivity contribution in [2.45, 2.75) is 37.1 Å². The molecule has 2 bridgehead atoms. The lowest BCUT2D eigenvalue weighted by molar-refractivity contribution is -0.314. The first-order chi connectivity index (χ1) is 15.6. The van der Waals surface area contributed by atoms with Crippen LogP contribution >= 0.6 is 11.8 Å². The predicted molar refractivity (Wildman–Crippen MR) is 116 cm³/mol. The summed E-state index contributed by atoms with van der Waals surface area (Å²) in [4.78, 5) is 14.4. The molecule has 2 aromatic rings. The van der Waals surface area contributed by atoms with Gasteiger partial charge >= 0.3 is 12.1 Å². The predicted octanol–water partition coefficient (Wildman–Crippen LogP) is 3.97. The van der Waals surface area contributed by atoms with Gasteiger partial charge in [-0.05, 0) is 68.9 Å². The number of aryl methyl sites for hydroxylation is 1. The number of hydrogen-bond acceptors (Lipinski definition) is 8. The van der Waals surface area contributed by atoms with Crippen molar-refractivity contribution in [1.29, 1.82) is 0 Å². The first-order valence-electron chi connectivity index (χ1n) is 10.3. The summed E-state index contributed by atoms with van der Waals surface area (Å²) in [5.74, 6) is -0.276. The molecular formula is C22H24F3N3O4S. The monoisotopic (exact) mass is 483 g/mol. The Kier molecular flexibility index (Phi) is 6.50. The molecule has 1 N–H and O–H groups in total. The summed E-state index contributed by atoms with van der Waals surface area (Å²) in [5, 5.41) is 1.67. The minimum Gasteiger partial charge on any atom is -0.487 e. The van der Waals surface area contributed by atoms with Crippen molar-refractivity contribution in [3.05, 3.63) is 53.6 Å². The van der Waals surface area contributed by atoms with Crippen molar-refractivity contribution >= 4 is 23.4 Å². The summed E-state index contributed by atoms with van der Waals surface area (Å²) in [6.07, 6.45) is -4.83. The first kappa shape index (κ1) is 23.7. The van der Waals surface area contributed by atoms with E-state index in [1.54, 1.807) is 11.9 Å². The number of halogens is 3. The van der Waals surface area contributed by atoms with Gasteiger partial charge < -0.3 is 14.2 Å². The molecular weight excluding hydrogens is 459 g/mol. The number of esters is 1. The molecule has 2 aromatic carbocycles. The van der Waals surface area contributed by atoms with Crippen LogP contribution in [0.5, 0.6) is 5.75 Å². The van der Waals surface area contributed by atoms with Crippen LogP contribution in [0, 0.1) is 6.92 Å². The fourth-order valence-corrected chi connectivity index (χ4v) is 4.40. The number of alkyl halides is 3. The lowest BCUT2D eigenvalue weighted by Crippen LogP contribution is -2.66. The number of ether oxygens (including phenoxy) is 3. The molecule has 2 unspecified atom stereocenters. The van der Waals surface area contributed by atoms with Crippen LogP contribution in [-0.4, -0.2) is 49.1 Å². The van der Waals surface area contributed by atoms with Gasteiger partial charge in [-0.2, -0.15) is 18.6 Å². The average molecular weight is 484 g/mol. The molecule has 3 aliphatic rings. The molecule has 5 rings (SSSR count). The maximum atomic E-state index is 12.8. The first-order valence-corrected chi connectivity index (χ1v) is 11.3. The number of anilines is 1. The number of hydrazine groups is 1. The standard InChI is InChI=1S/C22H24F3N3O4S/c1-4-30-19(29)12-33-17-9-10-18(14(2)11-17)31-13-21-26-28(20(32-21)27(21)3)16-7-5-15(6-8-16)22(23,24)25/h5-11,20,26H,4,12-13H2,1-3H3. The Morgan fingerprint density at radius 2 is 1.97 bits per heavy atom. The van der Waals surface area contributed by atoms with E-state index in [9.17, 15) is 18.0 Å². The molecule has 0 radical (unpaired) electrons. The topological polar surface area (TPSA) is 63.3 Å². The van der Waals surface area contributed by atoms with Crippen molar-refractivity contribution in [2.24, 2.45) is 0 Å². The van der Waals surface area contributed by atoms with Gasteiger partial charge in [0.15, 0.2) is 0 Å². The zero-order chi connectivity index (χ0) is 23.8. The second-order valence-corrected chi connectivity index (χ2v) is 8.72. The quantitative estimate of drug-likeness (QED) is 0.447. The third kappa shape index (κ3) is 4.77. The van der Waals surface area contributed by atoms with Gasteiger partial charge in [-0.25, -0.2) is 4.90 Å². The van der Waals surface area contributed by atoms with Gasteiger partial charge in [0.2, 0.25) is 12.2 Å². The Hall–Kier alpha value is -2.47. The molecule has 0 spiro atoms. The van der Waals surface area contributed by atoms with Crippen LogP contribution in [0.15, 0.2) is 47.4 Å². The minimum atomic E-state index is -4.38. The Bertz CT molecular complexity index is 1020. The van der Waals surface area contributed by atoms with E-state index >= 15 is 0 Å². The highest BCUT2D eigenvalue weighted by Crippen LogP contribution is 2.42. The zero-order valence-electron chi connectivity index (χ0n) is 18.3. The van der Waals surface area contributed by atoms with Crippen LogP contribution in [0.4, 0.5) is 18.9 Å². The number of carbonyl (C=O) groups is 1. The lowest BCUT2D eigenvalue weighted by atomic mass is 10.2. The molecule has 3 heterocycles. The number of likely N-dealkylation sites (N-methyl/N-ethyl adjacent to an activating group) is 1. The summed E-state index contributed by atoms with van der Waals surface area (Å²) < 4.78 is 55.4. The van der Waals surface area contributed by atoms with Crippen molar-refractivity contribution in [1.82, 2.24) is 10.3 Å². The Morgan fingerprint density at radius 1 is 1.24 bits per heavy atom. The molecule has 0 saturated carbocycles. The molecule has 3 fully saturated rings. The Morgan fingerprint density at radius 3 is 2.58 bits per heavy atom. The van der Waals surface area contributed by atoms with Gasteiger partial charge in [0.05, 0.1) is 23.6 Å². The van der Waals surface area contributed by atoms with Crippen LogP contribution in [0.2, 0.25) is 0 Å². The van der Waals surface area contributed by atoms with Gasteiger partial charge in [-0.1, -0.05) is 0 Å². The number of carbonyl (C=O) groups excluding carboxylic acids is 1. The van der Waals surface area contributed by atoms with E-state index in [0.29, 0.717) is 18.0 Å². The molecule has 33 heavy (non-hydrogen) atoms. The third-order valence-corrected chi connectivity index (χ3v) is 6.39. The third-order valence-electron chi connectivity index (χ3n) is 5.42. The molecule has 0 amide bonds. The highest BCUT2D eigenvalue weighted by Gasteiger charge is 2.63. The summed E-state index contributed by atoms with van der Waals surface area (Å²) in [7, 11) is 1.84. The highest BCUT2D eigenvalue weighted by molar-refractivity contribution is 8.00. The van der Waals surface area contributed by atoms with Gasteiger partial charge in [0, 0.05) is 4.90 Å². The van der Waals surface area contributed by atoms with E-state index < -0.39 is 23.9 Å². The van der Waals surface area contributed by atoms with E-state index in [0.717, 1.165) is 22.6 Å². The Labute approximate surface area is 193 Å². The molecule has 11 heteroatoms. The van der Waals surface area contributed by atoms with Crippen molar-refractivity contribution in [2.75, 3.05) is 31.0 Å². The number of nitrogens with one attached hydrogen (secondary N) is 1. The van der Waals surface area contributed by atoms with E-state index in [1.165, 1.54) is 23.9 Å². The second kappa shape index (κ2) is 9.05. The molecule has 0 aromatic heterocycles.